The molecule has 0 bridgehead atoms. The van der Waals surface area contributed by atoms with Gasteiger partial charge in [0.1, 0.15) is 10.8 Å². The summed E-state index contributed by atoms with van der Waals surface area (Å²) in [6.07, 6.45) is 0. The maximum Gasteiger partial charge on any atom is 0.275 e. The van der Waals surface area contributed by atoms with Gasteiger partial charge in [-0.15, -0.1) is 0 Å². The van der Waals surface area contributed by atoms with E-state index in [-0.39, 0.29) is 17.7 Å². The van der Waals surface area contributed by atoms with Gasteiger partial charge in [-0.25, -0.2) is 9.37 Å². The molecule has 2 aromatic carbocycles. The molecule has 6 nitrogen and oxygen atoms in total. The van der Waals surface area contributed by atoms with E-state index in [4.69, 9.17) is 0 Å². The van der Waals surface area contributed by atoms with Gasteiger partial charge in [0.15, 0.2) is 0 Å². The molecule has 0 aliphatic rings. The van der Waals surface area contributed by atoms with Crippen LogP contribution in [0.5, 0.6) is 0 Å². The Kier molecular flexibility index (Phi) is 4.70. The standard InChI is InChI=1S/C20H15FN4O2S/c1-12-5-4-6-13(9-12)19-24-25-17(26)10-14(23-20(25)28-19)11-22-18(27)15-7-2-3-8-16(15)21/h2-10H,11H2,1H3,(H,22,27). The molecule has 0 aliphatic carbocycles. The summed E-state index contributed by atoms with van der Waals surface area (Å²) in [5.74, 6) is -1.17. The Hall–Kier alpha value is -3.39. The Bertz CT molecular complexity index is 1250. The second-order valence-corrected chi connectivity index (χ2v) is 7.18. The molecule has 1 amide bonds. The van der Waals surface area contributed by atoms with Gasteiger partial charge < -0.3 is 5.32 Å². The maximum absolute atomic E-state index is 13.7. The Morgan fingerprint density at radius 1 is 1.18 bits per heavy atom. The molecule has 28 heavy (non-hydrogen) atoms. The third-order valence-electron chi connectivity index (χ3n) is 4.11. The minimum Gasteiger partial charge on any atom is -0.346 e. The van der Waals surface area contributed by atoms with Gasteiger partial charge in [-0.05, 0) is 25.1 Å². The van der Waals surface area contributed by atoms with Gasteiger partial charge in [0, 0.05) is 11.6 Å². The number of carbonyl (C=O) groups is 1. The van der Waals surface area contributed by atoms with Gasteiger partial charge in [0.05, 0.1) is 17.8 Å². The van der Waals surface area contributed by atoms with Gasteiger partial charge >= 0.3 is 0 Å². The summed E-state index contributed by atoms with van der Waals surface area (Å²) in [5.41, 5.74) is 1.99. The number of halogens is 1. The minimum atomic E-state index is -0.603. The van der Waals surface area contributed by atoms with Crippen LogP contribution < -0.4 is 10.9 Å². The monoisotopic (exact) mass is 394 g/mol. The maximum atomic E-state index is 13.7. The molecule has 8 heteroatoms. The molecule has 0 spiro atoms. The highest BCUT2D eigenvalue weighted by Crippen LogP contribution is 2.24. The van der Waals surface area contributed by atoms with Crippen molar-refractivity contribution in [2.24, 2.45) is 0 Å². The first-order valence-electron chi connectivity index (χ1n) is 8.51. The van der Waals surface area contributed by atoms with Crippen LogP contribution in [0.3, 0.4) is 0 Å². The summed E-state index contributed by atoms with van der Waals surface area (Å²) in [6.45, 7) is 1.99. The molecule has 2 heterocycles. The van der Waals surface area contributed by atoms with Crippen LogP contribution in [0.4, 0.5) is 4.39 Å². The van der Waals surface area contributed by atoms with Crippen molar-refractivity contribution in [1.82, 2.24) is 19.9 Å². The molecule has 0 unspecified atom stereocenters. The van der Waals surface area contributed by atoms with Crippen LogP contribution in [0.1, 0.15) is 21.6 Å². The van der Waals surface area contributed by atoms with Gasteiger partial charge in [0.25, 0.3) is 11.5 Å². The van der Waals surface area contributed by atoms with Crippen LogP contribution in [-0.2, 0) is 6.54 Å². The summed E-state index contributed by atoms with van der Waals surface area (Å²) in [6, 6.07) is 14.8. The predicted octanol–water partition coefficient (Wildman–Crippen LogP) is 3.20. The molecule has 0 saturated carbocycles. The van der Waals surface area contributed by atoms with Gasteiger partial charge in [-0.2, -0.15) is 9.61 Å². The molecular weight excluding hydrogens is 379 g/mol. The lowest BCUT2D eigenvalue weighted by molar-refractivity contribution is 0.0946. The fourth-order valence-corrected chi connectivity index (χ4v) is 3.67. The van der Waals surface area contributed by atoms with Crippen molar-refractivity contribution in [3.05, 3.63) is 87.6 Å². The first kappa shape index (κ1) is 18.0. The Morgan fingerprint density at radius 3 is 2.79 bits per heavy atom. The lowest BCUT2D eigenvalue weighted by Crippen LogP contribution is -2.26. The van der Waals surface area contributed by atoms with E-state index in [1.54, 1.807) is 6.07 Å². The van der Waals surface area contributed by atoms with Crippen LogP contribution >= 0.6 is 11.3 Å². The number of nitrogens with zero attached hydrogens (tertiary/aromatic N) is 3. The zero-order chi connectivity index (χ0) is 19.7. The van der Waals surface area contributed by atoms with E-state index < -0.39 is 11.7 Å². The van der Waals surface area contributed by atoms with E-state index in [1.807, 2.05) is 31.2 Å². The van der Waals surface area contributed by atoms with Crippen LogP contribution in [0.15, 0.2) is 59.4 Å². The first-order chi connectivity index (χ1) is 13.5. The molecular formula is C20H15FN4O2S. The van der Waals surface area contributed by atoms with Gasteiger partial charge in [-0.3, -0.25) is 9.59 Å². The van der Waals surface area contributed by atoms with Gasteiger partial charge in [0.2, 0.25) is 4.96 Å². The first-order valence-corrected chi connectivity index (χ1v) is 9.32. The molecule has 0 radical (unpaired) electrons. The smallest absolute Gasteiger partial charge is 0.275 e. The van der Waals surface area contributed by atoms with E-state index in [1.165, 1.54) is 40.1 Å². The second kappa shape index (κ2) is 7.32. The fourth-order valence-electron chi connectivity index (χ4n) is 2.75. The lowest BCUT2D eigenvalue weighted by atomic mass is 10.1. The van der Waals surface area contributed by atoms with E-state index in [0.29, 0.717) is 15.7 Å². The highest BCUT2D eigenvalue weighted by Gasteiger charge is 2.13. The predicted molar refractivity (Wildman–Crippen MR) is 105 cm³/mol. The van der Waals surface area contributed by atoms with Crippen molar-refractivity contribution in [2.45, 2.75) is 13.5 Å². The summed E-state index contributed by atoms with van der Waals surface area (Å²) >= 11 is 1.29. The molecule has 140 valence electrons. The van der Waals surface area contributed by atoms with Crippen molar-refractivity contribution in [1.29, 1.82) is 0 Å². The summed E-state index contributed by atoms with van der Waals surface area (Å²) in [7, 11) is 0. The number of hydrogen-bond acceptors (Lipinski definition) is 5. The van der Waals surface area contributed by atoms with E-state index in [2.05, 4.69) is 15.4 Å². The third kappa shape index (κ3) is 3.54. The van der Waals surface area contributed by atoms with Crippen LogP contribution in [-0.4, -0.2) is 20.5 Å². The number of carbonyl (C=O) groups excluding carboxylic acids is 1. The number of rotatable bonds is 4. The number of aryl methyl sites for hydroxylation is 1. The molecule has 0 atom stereocenters. The fraction of sp³-hybridized carbons (Fsp3) is 0.100. The second-order valence-electron chi connectivity index (χ2n) is 6.22. The van der Waals surface area contributed by atoms with Crippen molar-refractivity contribution < 1.29 is 9.18 Å². The Morgan fingerprint density at radius 2 is 2.00 bits per heavy atom. The summed E-state index contributed by atoms with van der Waals surface area (Å²) in [5, 5.41) is 7.61. The molecule has 1 N–H and O–H groups in total. The molecule has 0 aliphatic heterocycles. The van der Waals surface area contributed by atoms with Crippen LogP contribution in [0.2, 0.25) is 0 Å². The van der Waals surface area contributed by atoms with Crippen LogP contribution in [0.25, 0.3) is 15.5 Å². The van der Waals surface area contributed by atoms with E-state index in [9.17, 15) is 14.0 Å². The molecule has 2 aromatic heterocycles. The topological polar surface area (TPSA) is 76.4 Å². The molecule has 4 aromatic rings. The number of amides is 1. The molecule has 0 saturated heterocycles. The summed E-state index contributed by atoms with van der Waals surface area (Å²) in [4.78, 5) is 29.3. The van der Waals surface area contributed by atoms with Gasteiger partial charge in [-0.1, -0.05) is 47.2 Å². The minimum absolute atomic E-state index is 0.0105. The zero-order valence-electron chi connectivity index (χ0n) is 14.8. The summed E-state index contributed by atoms with van der Waals surface area (Å²) < 4.78 is 14.9. The highest BCUT2D eigenvalue weighted by atomic mass is 32.1. The van der Waals surface area contributed by atoms with E-state index in [0.717, 1.165) is 11.1 Å². The van der Waals surface area contributed by atoms with Crippen molar-refractivity contribution in [3.63, 3.8) is 0 Å². The quantitative estimate of drug-likeness (QED) is 0.577. The molecule has 4 rings (SSSR count). The largest absolute Gasteiger partial charge is 0.346 e. The normalized spacial score (nSPS) is 10.9. The van der Waals surface area contributed by atoms with Crippen molar-refractivity contribution in [2.75, 3.05) is 0 Å². The highest BCUT2D eigenvalue weighted by molar-refractivity contribution is 7.19. The van der Waals surface area contributed by atoms with Crippen molar-refractivity contribution >= 4 is 22.2 Å². The van der Waals surface area contributed by atoms with E-state index >= 15 is 0 Å². The third-order valence-corrected chi connectivity index (χ3v) is 5.07. The Labute approximate surface area is 163 Å². The SMILES string of the molecule is Cc1cccc(-c2nn3c(=O)cc(CNC(=O)c4ccccc4F)nc3s2)c1. The average molecular weight is 394 g/mol. The van der Waals surface area contributed by atoms with Crippen LogP contribution in [0, 0.1) is 12.7 Å². The average Bonchev–Trinajstić information content (AvgIpc) is 3.11. The molecule has 0 fully saturated rings. The number of aromatic nitrogens is 3. The number of benzene rings is 2. The number of nitrogens with one attached hydrogen (secondary N) is 1. The number of hydrogen-bond donors (Lipinski definition) is 1. The number of fused-ring (bicyclic) bond motifs is 1. The lowest BCUT2D eigenvalue weighted by Gasteiger charge is -2.05. The zero-order valence-corrected chi connectivity index (χ0v) is 15.7. The van der Waals surface area contributed by atoms with Crippen molar-refractivity contribution in [3.8, 4) is 10.6 Å². The Balaban J connectivity index is 1.60.